The van der Waals surface area contributed by atoms with Crippen molar-refractivity contribution >= 4 is 22.6 Å². The summed E-state index contributed by atoms with van der Waals surface area (Å²) in [6.07, 6.45) is 5.50. The summed E-state index contributed by atoms with van der Waals surface area (Å²) in [5.74, 6) is 0.419. The molecule has 0 aliphatic carbocycles. The fourth-order valence-corrected chi connectivity index (χ4v) is 1.73. The highest BCUT2D eigenvalue weighted by Crippen LogP contribution is 2.23. The molecular formula is C11H13ClN4O2. The van der Waals surface area contributed by atoms with E-state index in [1.54, 1.807) is 18.0 Å². The van der Waals surface area contributed by atoms with E-state index in [-0.39, 0.29) is 5.28 Å². The van der Waals surface area contributed by atoms with Crippen molar-refractivity contribution in [2.75, 3.05) is 20.8 Å². The van der Waals surface area contributed by atoms with Crippen molar-refractivity contribution in [3.63, 3.8) is 0 Å². The number of hydrogen-bond donors (Lipinski definition) is 0. The zero-order valence-corrected chi connectivity index (χ0v) is 10.9. The highest BCUT2D eigenvalue weighted by atomic mass is 35.5. The third-order valence-electron chi connectivity index (χ3n) is 2.33. The Bertz CT molecular complexity index is 567. The first-order chi connectivity index (χ1) is 8.76. The Morgan fingerprint density at radius 3 is 2.89 bits per heavy atom. The Kier molecular flexibility index (Phi) is 4.11. The molecule has 6 nitrogen and oxygen atoms in total. The molecule has 0 radical (unpaired) electrons. The van der Waals surface area contributed by atoms with Gasteiger partial charge >= 0.3 is 0 Å². The summed E-state index contributed by atoms with van der Waals surface area (Å²) in [7, 11) is 3.18. The lowest BCUT2D eigenvalue weighted by Crippen LogP contribution is -2.01. The number of fused-ring (bicyclic) bond motifs is 1. The van der Waals surface area contributed by atoms with Gasteiger partial charge in [0.15, 0.2) is 0 Å². The molecule has 0 N–H and O–H groups in total. The lowest BCUT2D eigenvalue weighted by atomic mass is 10.4. The van der Waals surface area contributed by atoms with Crippen LogP contribution in [0.5, 0.6) is 5.88 Å². The van der Waals surface area contributed by atoms with Crippen molar-refractivity contribution in [2.24, 2.45) is 0 Å². The van der Waals surface area contributed by atoms with Crippen LogP contribution in [0.4, 0.5) is 0 Å². The molecule has 0 saturated heterocycles. The monoisotopic (exact) mass is 268 g/mol. The van der Waals surface area contributed by atoms with Gasteiger partial charge in [-0.25, -0.2) is 4.98 Å². The second-order valence-corrected chi connectivity index (χ2v) is 3.83. The van der Waals surface area contributed by atoms with E-state index in [0.29, 0.717) is 24.5 Å². The summed E-state index contributed by atoms with van der Waals surface area (Å²) in [4.78, 5) is 8.11. The Morgan fingerprint density at radius 1 is 1.33 bits per heavy atom. The molecule has 96 valence electrons. The Morgan fingerprint density at radius 2 is 2.17 bits per heavy atom. The third-order valence-corrected chi connectivity index (χ3v) is 2.50. The van der Waals surface area contributed by atoms with Gasteiger partial charge in [-0.3, -0.25) is 4.68 Å². The molecule has 0 atom stereocenters. The van der Waals surface area contributed by atoms with Crippen molar-refractivity contribution in [1.82, 2.24) is 19.7 Å². The molecule has 0 aliphatic rings. The number of aromatic nitrogens is 4. The van der Waals surface area contributed by atoms with Gasteiger partial charge < -0.3 is 9.47 Å². The Labute approximate surface area is 109 Å². The zero-order valence-electron chi connectivity index (χ0n) is 10.1. The quantitative estimate of drug-likeness (QED) is 0.610. The molecule has 0 aliphatic heterocycles. The number of nitrogens with zero attached hydrogens (tertiary/aromatic N) is 4. The fraction of sp³-hybridized carbons (Fsp3) is 0.364. The molecule has 0 amide bonds. The lowest BCUT2D eigenvalue weighted by molar-refractivity contribution is 0.233. The number of halogens is 1. The van der Waals surface area contributed by atoms with Crippen LogP contribution in [-0.2, 0) is 11.3 Å². The van der Waals surface area contributed by atoms with Gasteiger partial charge in [0.05, 0.1) is 26.5 Å². The molecule has 0 bridgehead atoms. The Balaban J connectivity index is 2.34. The minimum atomic E-state index is 0.147. The molecule has 2 aromatic rings. The normalized spacial score (nSPS) is 11.5. The van der Waals surface area contributed by atoms with E-state index >= 15 is 0 Å². The topological polar surface area (TPSA) is 62.1 Å². The standard InChI is InChI=1S/C11H13ClN4O2/c1-17-6-4-3-5-16-9-8(7-13-16)14-11(12)15-10(9)18-2/h3-4,7H,5-6H2,1-2H3/b4-3+. The van der Waals surface area contributed by atoms with E-state index in [1.165, 1.54) is 7.11 Å². The van der Waals surface area contributed by atoms with Crippen molar-refractivity contribution in [1.29, 1.82) is 0 Å². The van der Waals surface area contributed by atoms with E-state index in [1.807, 2.05) is 12.2 Å². The van der Waals surface area contributed by atoms with Gasteiger partial charge in [0.25, 0.3) is 0 Å². The summed E-state index contributed by atoms with van der Waals surface area (Å²) in [5, 5.41) is 4.37. The molecule has 0 unspecified atom stereocenters. The van der Waals surface area contributed by atoms with Crippen molar-refractivity contribution in [3.8, 4) is 5.88 Å². The summed E-state index contributed by atoms with van der Waals surface area (Å²) < 4.78 is 11.9. The van der Waals surface area contributed by atoms with Crippen LogP contribution in [0.1, 0.15) is 0 Å². The van der Waals surface area contributed by atoms with Crippen LogP contribution in [-0.4, -0.2) is 40.6 Å². The minimum Gasteiger partial charge on any atom is -0.479 e. The summed E-state index contributed by atoms with van der Waals surface area (Å²) >= 11 is 5.79. The molecule has 0 saturated carbocycles. The van der Waals surface area contributed by atoms with E-state index in [4.69, 9.17) is 21.1 Å². The second kappa shape index (κ2) is 5.79. The Hall–Kier alpha value is -1.66. The average molecular weight is 269 g/mol. The highest BCUT2D eigenvalue weighted by molar-refractivity contribution is 6.28. The second-order valence-electron chi connectivity index (χ2n) is 3.49. The first-order valence-electron chi connectivity index (χ1n) is 5.33. The van der Waals surface area contributed by atoms with Gasteiger partial charge in [0.2, 0.25) is 11.2 Å². The fourth-order valence-electron chi connectivity index (χ4n) is 1.56. The van der Waals surface area contributed by atoms with Gasteiger partial charge in [-0.1, -0.05) is 12.2 Å². The molecule has 0 fully saturated rings. The van der Waals surface area contributed by atoms with Gasteiger partial charge in [-0.15, -0.1) is 0 Å². The van der Waals surface area contributed by atoms with E-state index < -0.39 is 0 Å². The van der Waals surface area contributed by atoms with Crippen LogP contribution in [0.3, 0.4) is 0 Å². The molecule has 0 aromatic carbocycles. The van der Waals surface area contributed by atoms with Gasteiger partial charge in [0.1, 0.15) is 11.0 Å². The first-order valence-corrected chi connectivity index (χ1v) is 5.71. The van der Waals surface area contributed by atoms with E-state index in [9.17, 15) is 0 Å². The molecule has 2 rings (SSSR count). The van der Waals surface area contributed by atoms with Gasteiger partial charge in [-0.2, -0.15) is 10.1 Å². The van der Waals surface area contributed by atoms with Gasteiger partial charge in [0, 0.05) is 7.11 Å². The minimum absolute atomic E-state index is 0.147. The van der Waals surface area contributed by atoms with Crippen molar-refractivity contribution in [2.45, 2.75) is 6.54 Å². The van der Waals surface area contributed by atoms with Crippen LogP contribution in [0.15, 0.2) is 18.3 Å². The van der Waals surface area contributed by atoms with Crippen LogP contribution in [0.25, 0.3) is 11.0 Å². The predicted molar refractivity (Wildman–Crippen MR) is 67.9 cm³/mol. The van der Waals surface area contributed by atoms with E-state index in [0.717, 1.165) is 5.52 Å². The van der Waals surface area contributed by atoms with Crippen LogP contribution >= 0.6 is 11.6 Å². The summed E-state index contributed by atoms with van der Waals surface area (Å²) in [5.41, 5.74) is 1.39. The largest absolute Gasteiger partial charge is 0.479 e. The maximum absolute atomic E-state index is 5.79. The highest BCUT2D eigenvalue weighted by Gasteiger charge is 2.12. The van der Waals surface area contributed by atoms with Crippen LogP contribution in [0.2, 0.25) is 5.28 Å². The molecule has 0 spiro atoms. The van der Waals surface area contributed by atoms with Crippen LogP contribution < -0.4 is 4.74 Å². The smallest absolute Gasteiger partial charge is 0.244 e. The summed E-state index contributed by atoms with van der Waals surface area (Å²) in [6.45, 7) is 1.16. The van der Waals surface area contributed by atoms with Gasteiger partial charge in [-0.05, 0) is 11.6 Å². The van der Waals surface area contributed by atoms with Crippen molar-refractivity contribution in [3.05, 3.63) is 23.6 Å². The number of methoxy groups -OCH3 is 2. The maximum atomic E-state index is 5.79. The molecule has 2 aromatic heterocycles. The number of ether oxygens (including phenoxy) is 2. The first kappa shape index (κ1) is 12.8. The molecule has 7 heteroatoms. The molecular weight excluding hydrogens is 256 g/mol. The number of allylic oxidation sites excluding steroid dienone is 1. The molecule has 18 heavy (non-hydrogen) atoms. The lowest BCUT2D eigenvalue weighted by Gasteiger charge is -2.04. The van der Waals surface area contributed by atoms with E-state index in [2.05, 4.69) is 15.1 Å². The van der Waals surface area contributed by atoms with Crippen LogP contribution in [0, 0.1) is 0 Å². The number of hydrogen-bond acceptors (Lipinski definition) is 5. The SMILES string of the molecule is COC/C=C/Cn1ncc2nc(Cl)nc(OC)c21. The zero-order chi connectivity index (χ0) is 13.0. The van der Waals surface area contributed by atoms with Crippen molar-refractivity contribution < 1.29 is 9.47 Å². The summed E-state index contributed by atoms with van der Waals surface area (Å²) in [6, 6.07) is 0. The average Bonchev–Trinajstić information content (AvgIpc) is 2.76. The third kappa shape index (κ3) is 2.60. The molecule has 2 heterocycles. The maximum Gasteiger partial charge on any atom is 0.244 e. The number of rotatable bonds is 5. The predicted octanol–water partition coefficient (Wildman–Crippen LogP) is 1.69.